The lowest BCUT2D eigenvalue weighted by atomic mass is 9.85. The Bertz CT molecular complexity index is 991. The zero-order valence-electron chi connectivity index (χ0n) is 14.2. The Kier molecular flexibility index (Phi) is 4.69. The maximum Gasteiger partial charge on any atom is 0.246 e. The Morgan fingerprint density at radius 1 is 1.38 bits per heavy atom. The quantitative estimate of drug-likeness (QED) is 0.544. The summed E-state index contributed by atoms with van der Waals surface area (Å²) in [5.41, 5.74) is 6.52. The van der Waals surface area contributed by atoms with Crippen LogP contribution < -0.4 is 0 Å². The topological polar surface area (TPSA) is 33.2 Å². The molecule has 132 valence electrons. The molecule has 6 heteroatoms. The van der Waals surface area contributed by atoms with Crippen molar-refractivity contribution in [3.05, 3.63) is 74.5 Å². The molecule has 0 saturated heterocycles. The van der Waals surface area contributed by atoms with E-state index in [1.54, 1.807) is 22.7 Å². The molecule has 0 radical (unpaired) electrons. The molecule has 1 atom stereocenters. The third kappa shape index (κ3) is 3.00. The number of nitrogens with zero attached hydrogens (tertiary/aromatic N) is 2. The molecule has 26 heavy (non-hydrogen) atoms. The van der Waals surface area contributed by atoms with Crippen molar-refractivity contribution < 1.29 is 4.79 Å². The number of carbonyl (C=O) groups excluding carboxylic acids is 1. The number of amides is 1. The number of hydrogen-bond acceptors (Lipinski definition) is 4. The van der Waals surface area contributed by atoms with Crippen molar-refractivity contribution in [2.45, 2.75) is 19.4 Å². The van der Waals surface area contributed by atoms with Gasteiger partial charge in [0.2, 0.25) is 5.91 Å². The van der Waals surface area contributed by atoms with Gasteiger partial charge in [0.05, 0.1) is 27.0 Å². The molecule has 0 aliphatic carbocycles. The summed E-state index contributed by atoms with van der Waals surface area (Å²) in [5.74, 6) is 0.0423. The van der Waals surface area contributed by atoms with Gasteiger partial charge in [-0.15, -0.1) is 22.7 Å². The maximum absolute atomic E-state index is 12.3. The third-order valence-corrected chi connectivity index (χ3v) is 6.96. The first-order valence-electron chi connectivity index (χ1n) is 8.27. The number of aryl methyl sites for hydroxylation is 1. The van der Waals surface area contributed by atoms with Crippen LogP contribution in [0.25, 0.3) is 10.4 Å². The fourth-order valence-electron chi connectivity index (χ4n) is 3.51. The Balaban J connectivity index is 1.86. The first-order valence-corrected chi connectivity index (χ1v) is 10.3. The highest BCUT2D eigenvalue weighted by Crippen LogP contribution is 2.43. The Morgan fingerprint density at radius 3 is 2.92 bits per heavy atom. The van der Waals surface area contributed by atoms with Crippen LogP contribution in [0.15, 0.2) is 48.5 Å². The summed E-state index contributed by atoms with van der Waals surface area (Å²) in [4.78, 5) is 20.9. The van der Waals surface area contributed by atoms with Crippen molar-refractivity contribution in [2.24, 2.45) is 0 Å². The minimum Gasteiger partial charge on any atom is -0.333 e. The monoisotopic (exact) mass is 400 g/mol. The highest BCUT2D eigenvalue weighted by molar-refractivity contribution is 7.16. The molecule has 0 unspecified atom stereocenters. The van der Waals surface area contributed by atoms with E-state index in [1.807, 2.05) is 17.3 Å². The fourth-order valence-corrected chi connectivity index (χ4v) is 5.72. The highest BCUT2D eigenvalue weighted by Gasteiger charge is 2.32. The molecule has 0 N–H and O–H groups in total. The van der Waals surface area contributed by atoms with E-state index in [0.717, 1.165) is 14.9 Å². The van der Waals surface area contributed by atoms with E-state index in [-0.39, 0.29) is 11.8 Å². The molecule has 0 bridgehead atoms. The van der Waals surface area contributed by atoms with Crippen LogP contribution >= 0.6 is 34.3 Å². The second-order valence-electron chi connectivity index (χ2n) is 6.26. The van der Waals surface area contributed by atoms with Gasteiger partial charge in [0.15, 0.2) is 0 Å². The van der Waals surface area contributed by atoms with Gasteiger partial charge in [-0.2, -0.15) is 0 Å². The van der Waals surface area contributed by atoms with E-state index in [1.165, 1.54) is 27.6 Å². The molecule has 1 amide bonds. The molecule has 3 aromatic rings. The normalized spacial score (nSPS) is 16.4. The van der Waals surface area contributed by atoms with Crippen LogP contribution in [-0.2, 0) is 11.3 Å². The van der Waals surface area contributed by atoms with Crippen molar-refractivity contribution in [1.82, 2.24) is 9.88 Å². The van der Waals surface area contributed by atoms with Gasteiger partial charge in [-0.05, 0) is 35.8 Å². The molecule has 0 saturated carbocycles. The number of fused-ring (bicyclic) bond motifs is 1. The van der Waals surface area contributed by atoms with Crippen molar-refractivity contribution in [3.63, 3.8) is 0 Å². The molecular weight excluding hydrogens is 384 g/mol. The molecule has 1 aliphatic heterocycles. The van der Waals surface area contributed by atoms with Crippen LogP contribution in [0, 0.1) is 6.92 Å². The van der Waals surface area contributed by atoms with Gasteiger partial charge in [0.25, 0.3) is 0 Å². The van der Waals surface area contributed by atoms with E-state index in [9.17, 15) is 4.79 Å². The van der Waals surface area contributed by atoms with Crippen LogP contribution in [-0.4, -0.2) is 22.3 Å². The second kappa shape index (κ2) is 6.99. The van der Waals surface area contributed by atoms with E-state index >= 15 is 0 Å². The number of thiophene rings is 1. The lowest BCUT2D eigenvalue weighted by Crippen LogP contribution is -2.37. The van der Waals surface area contributed by atoms with Crippen molar-refractivity contribution >= 4 is 40.2 Å². The standard InChI is InChI=1S/C20H17ClN2OS2/c1-3-19(24)23-9-16(15-8-18(21)26-17(15)10-23)13-6-4-5-7-14(13)20-12(2)22-11-25-20/h3-8,11,16H,1,9-10H2,2H3/t16-/m0/s1. The molecular formula is C20H17ClN2OS2. The zero-order chi connectivity index (χ0) is 18.3. The zero-order valence-corrected chi connectivity index (χ0v) is 16.6. The van der Waals surface area contributed by atoms with Gasteiger partial charge >= 0.3 is 0 Å². The molecule has 1 aromatic carbocycles. The van der Waals surface area contributed by atoms with Crippen molar-refractivity contribution in [2.75, 3.05) is 6.54 Å². The van der Waals surface area contributed by atoms with Crippen molar-refractivity contribution in [1.29, 1.82) is 0 Å². The number of aromatic nitrogens is 1. The molecule has 2 aromatic heterocycles. The predicted octanol–water partition coefficient (Wildman–Crippen LogP) is 5.49. The van der Waals surface area contributed by atoms with Gasteiger partial charge < -0.3 is 4.90 Å². The number of carbonyl (C=O) groups is 1. The average molecular weight is 401 g/mol. The molecule has 1 aliphatic rings. The van der Waals surface area contributed by atoms with Gasteiger partial charge in [-0.25, -0.2) is 4.98 Å². The number of halogens is 1. The van der Waals surface area contributed by atoms with Gasteiger partial charge in [-0.1, -0.05) is 42.4 Å². The van der Waals surface area contributed by atoms with E-state index in [4.69, 9.17) is 11.6 Å². The minimum absolute atomic E-state index is 0.0448. The molecule has 4 rings (SSSR count). The lowest BCUT2D eigenvalue weighted by Gasteiger charge is -2.33. The molecule has 0 fully saturated rings. The summed E-state index contributed by atoms with van der Waals surface area (Å²) in [5, 5.41) is 0. The van der Waals surface area contributed by atoms with E-state index in [0.29, 0.717) is 13.1 Å². The smallest absolute Gasteiger partial charge is 0.246 e. The number of benzene rings is 1. The first kappa shape index (κ1) is 17.5. The van der Waals surface area contributed by atoms with E-state index < -0.39 is 0 Å². The van der Waals surface area contributed by atoms with Crippen LogP contribution in [0.4, 0.5) is 0 Å². The van der Waals surface area contributed by atoms with Crippen LogP contribution in [0.1, 0.15) is 27.6 Å². The van der Waals surface area contributed by atoms with Gasteiger partial charge in [0, 0.05) is 17.3 Å². The SMILES string of the molecule is C=CC(=O)N1Cc2sc(Cl)cc2[C@H](c2ccccc2-c2scnc2C)C1. The minimum atomic E-state index is -0.0448. The Hall–Kier alpha value is -1.95. The predicted molar refractivity (Wildman–Crippen MR) is 109 cm³/mol. The lowest BCUT2D eigenvalue weighted by molar-refractivity contribution is -0.127. The largest absolute Gasteiger partial charge is 0.333 e. The van der Waals surface area contributed by atoms with Crippen molar-refractivity contribution in [3.8, 4) is 10.4 Å². The summed E-state index contributed by atoms with van der Waals surface area (Å²) in [6, 6.07) is 10.4. The summed E-state index contributed by atoms with van der Waals surface area (Å²) in [6.07, 6.45) is 1.39. The van der Waals surface area contributed by atoms with Crippen LogP contribution in [0.2, 0.25) is 4.34 Å². The van der Waals surface area contributed by atoms with Gasteiger partial charge in [0.1, 0.15) is 0 Å². The van der Waals surface area contributed by atoms with Crippen LogP contribution in [0.3, 0.4) is 0 Å². The molecule has 3 nitrogen and oxygen atoms in total. The maximum atomic E-state index is 12.3. The summed E-state index contributed by atoms with van der Waals surface area (Å²) >= 11 is 9.52. The summed E-state index contributed by atoms with van der Waals surface area (Å²) in [7, 11) is 0. The summed E-state index contributed by atoms with van der Waals surface area (Å²) < 4.78 is 0.763. The van der Waals surface area contributed by atoms with E-state index in [2.05, 4.69) is 41.9 Å². The second-order valence-corrected chi connectivity index (χ2v) is 8.88. The molecule has 0 spiro atoms. The average Bonchev–Trinajstić information content (AvgIpc) is 3.24. The number of rotatable bonds is 3. The Morgan fingerprint density at radius 2 is 2.19 bits per heavy atom. The van der Waals surface area contributed by atoms with Gasteiger partial charge in [-0.3, -0.25) is 4.79 Å². The summed E-state index contributed by atoms with van der Waals surface area (Å²) in [6.45, 7) is 6.89. The fraction of sp³-hybridized carbons (Fsp3) is 0.200. The molecule has 3 heterocycles. The first-order chi connectivity index (χ1) is 12.6. The Labute approximate surface area is 165 Å². The third-order valence-electron chi connectivity index (χ3n) is 4.74. The number of thiazole rings is 1. The number of hydrogen-bond donors (Lipinski definition) is 0. The van der Waals surface area contributed by atoms with Crippen LogP contribution in [0.5, 0.6) is 0 Å². The highest BCUT2D eigenvalue weighted by atomic mass is 35.5.